The van der Waals surface area contributed by atoms with Crippen LogP contribution in [0.15, 0.2) is 54.6 Å². The summed E-state index contributed by atoms with van der Waals surface area (Å²) in [6.45, 7) is 1.71. The molecule has 2 aromatic rings. The molecule has 0 aliphatic carbocycles. The maximum absolute atomic E-state index is 13.3. The third-order valence-electron chi connectivity index (χ3n) is 4.54. The Balaban J connectivity index is 2.47. The predicted molar refractivity (Wildman–Crippen MR) is 112 cm³/mol. The SMILES string of the molecule is CCNC(=O)C(c1ccccc1)N(Cc1ccc(F)cc1)C(=O)CN(C)S(C)(=O)=O. The van der Waals surface area contributed by atoms with Gasteiger partial charge in [0.25, 0.3) is 0 Å². The Morgan fingerprint density at radius 1 is 1.07 bits per heavy atom. The van der Waals surface area contributed by atoms with Crippen molar-refractivity contribution in [1.82, 2.24) is 14.5 Å². The second-order valence-electron chi connectivity index (χ2n) is 6.87. The van der Waals surface area contributed by atoms with E-state index in [1.54, 1.807) is 37.3 Å². The van der Waals surface area contributed by atoms with Gasteiger partial charge in [-0.15, -0.1) is 0 Å². The number of sulfonamides is 1. The molecule has 7 nitrogen and oxygen atoms in total. The van der Waals surface area contributed by atoms with Gasteiger partial charge in [0.1, 0.15) is 11.9 Å². The smallest absolute Gasteiger partial charge is 0.247 e. The molecule has 30 heavy (non-hydrogen) atoms. The van der Waals surface area contributed by atoms with E-state index in [4.69, 9.17) is 0 Å². The number of likely N-dealkylation sites (N-methyl/N-ethyl adjacent to an activating group) is 2. The fourth-order valence-electron chi connectivity index (χ4n) is 2.89. The maximum atomic E-state index is 13.3. The van der Waals surface area contributed by atoms with Crippen LogP contribution >= 0.6 is 0 Å². The van der Waals surface area contributed by atoms with Crippen LogP contribution in [0.25, 0.3) is 0 Å². The summed E-state index contributed by atoms with van der Waals surface area (Å²) in [6, 6.07) is 13.4. The summed E-state index contributed by atoms with van der Waals surface area (Å²) in [5.74, 6) is -1.36. The first kappa shape index (κ1) is 23.5. The lowest BCUT2D eigenvalue weighted by molar-refractivity contribution is -0.141. The number of carbonyl (C=O) groups excluding carboxylic acids is 2. The summed E-state index contributed by atoms with van der Waals surface area (Å²) in [5, 5.41) is 2.73. The third kappa shape index (κ3) is 6.36. The Kier molecular flexibility index (Phi) is 8.08. The molecule has 1 unspecified atom stereocenters. The number of nitrogens with one attached hydrogen (secondary N) is 1. The molecule has 162 valence electrons. The molecule has 0 aliphatic heterocycles. The van der Waals surface area contributed by atoms with Gasteiger partial charge in [0.05, 0.1) is 12.8 Å². The predicted octanol–water partition coefficient (Wildman–Crippen LogP) is 1.92. The zero-order chi connectivity index (χ0) is 22.3. The van der Waals surface area contributed by atoms with Gasteiger partial charge in [0, 0.05) is 20.1 Å². The van der Waals surface area contributed by atoms with Crippen LogP contribution in [-0.4, -0.2) is 55.8 Å². The van der Waals surface area contributed by atoms with Crippen molar-refractivity contribution in [3.63, 3.8) is 0 Å². The van der Waals surface area contributed by atoms with Crippen molar-refractivity contribution in [3.8, 4) is 0 Å². The van der Waals surface area contributed by atoms with Crippen molar-refractivity contribution < 1.29 is 22.4 Å². The molecule has 0 spiro atoms. The number of carbonyl (C=O) groups is 2. The van der Waals surface area contributed by atoms with E-state index in [0.717, 1.165) is 10.6 Å². The van der Waals surface area contributed by atoms with Crippen LogP contribution in [0, 0.1) is 5.82 Å². The minimum atomic E-state index is -3.59. The van der Waals surface area contributed by atoms with Gasteiger partial charge in [-0.2, -0.15) is 4.31 Å². The molecule has 0 aliphatic rings. The van der Waals surface area contributed by atoms with Gasteiger partial charge in [0.15, 0.2) is 0 Å². The Morgan fingerprint density at radius 2 is 1.67 bits per heavy atom. The number of benzene rings is 2. The largest absolute Gasteiger partial charge is 0.354 e. The molecule has 9 heteroatoms. The van der Waals surface area contributed by atoms with E-state index in [9.17, 15) is 22.4 Å². The highest BCUT2D eigenvalue weighted by atomic mass is 32.2. The average Bonchev–Trinajstić information content (AvgIpc) is 2.69. The molecular formula is C21H26FN3O4S. The minimum Gasteiger partial charge on any atom is -0.354 e. The fraction of sp³-hybridized carbons (Fsp3) is 0.333. The first-order valence-corrected chi connectivity index (χ1v) is 11.3. The van der Waals surface area contributed by atoms with Gasteiger partial charge in [-0.25, -0.2) is 12.8 Å². The van der Waals surface area contributed by atoms with Crippen LogP contribution in [0.4, 0.5) is 4.39 Å². The molecule has 2 amide bonds. The zero-order valence-electron chi connectivity index (χ0n) is 17.2. The molecule has 0 saturated heterocycles. The lowest BCUT2D eigenvalue weighted by Gasteiger charge is -2.32. The summed E-state index contributed by atoms with van der Waals surface area (Å²) in [7, 11) is -2.30. The number of rotatable bonds is 9. The summed E-state index contributed by atoms with van der Waals surface area (Å²) in [5.41, 5.74) is 1.19. The topological polar surface area (TPSA) is 86.8 Å². The molecule has 0 fully saturated rings. The van der Waals surface area contributed by atoms with Crippen molar-refractivity contribution in [1.29, 1.82) is 0 Å². The molecule has 1 atom stereocenters. The zero-order valence-corrected chi connectivity index (χ0v) is 18.0. The van der Waals surface area contributed by atoms with E-state index < -0.39 is 34.3 Å². The summed E-state index contributed by atoms with van der Waals surface area (Å²) < 4.78 is 37.8. The van der Waals surface area contributed by atoms with Crippen molar-refractivity contribution in [2.45, 2.75) is 19.5 Å². The third-order valence-corrected chi connectivity index (χ3v) is 5.80. The summed E-state index contributed by atoms with van der Waals surface area (Å²) in [6.07, 6.45) is 1.00. The quantitative estimate of drug-likeness (QED) is 0.652. The number of halogens is 1. The second-order valence-corrected chi connectivity index (χ2v) is 8.96. The Morgan fingerprint density at radius 3 is 2.20 bits per heavy atom. The highest BCUT2D eigenvalue weighted by Crippen LogP contribution is 2.24. The van der Waals surface area contributed by atoms with Gasteiger partial charge in [-0.3, -0.25) is 9.59 Å². The molecule has 2 rings (SSSR count). The van der Waals surface area contributed by atoms with Gasteiger partial charge in [-0.05, 0) is 30.2 Å². The minimum absolute atomic E-state index is 0.00735. The van der Waals surface area contributed by atoms with Crippen molar-refractivity contribution in [3.05, 3.63) is 71.5 Å². The molecule has 1 N–H and O–H groups in total. The highest BCUT2D eigenvalue weighted by Gasteiger charge is 2.32. The normalized spacial score (nSPS) is 12.4. The van der Waals surface area contributed by atoms with Crippen LogP contribution in [-0.2, 0) is 26.2 Å². The molecule has 0 heterocycles. The number of amides is 2. The monoisotopic (exact) mass is 435 g/mol. The van der Waals surface area contributed by atoms with Gasteiger partial charge in [0.2, 0.25) is 21.8 Å². The van der Waals surface area contributed by atoms with E-state index >= 15 is 0 Å². The number of hydrogen-bond acceptors (Lipinski definition) is 4. The van der Waals surface area contributed by atoms with Crippen LogP contribution in [0.3, 0.4) is 0 Å². The first-order chi connectivity index (χ1) is 14.1. The lowest BCUT2D eigenvalue weighted by atomic mass is 10.0. The molecule has 0 saturated carbocycles. The van der Waals surface area contributed by atoms with E-state index in [-0.39, 0.29) is 12.5 Å². The van der Waals surface area contributed by atoms with Crippen molar-refractivity contribution in [2.24, 2.45) is 0 Å². The van der Waals surface area contributed by atoms with Crippen molar-refractivity contribution in [2.75, 3.05) is 26.4 Å². The van der Waals surface area contributed by atoms with Crippen LogP contribution in [0.5, 0.6) is 0 Å². The molecule has 0 bridgehead atoms. The molecule has 0 radical (unpaired) electrons. The van der Waals surface area contributed by atoms with Gasteiger partial charge < -0.3 is 10.2 Å². The Hall–Kier alpha value is -2.78. The van der Waals surface area contributed by atoms with E-state index in [2.05, 4.69) is 5.32 Å². The Labute approximate surface area is 176 Å². The first-order valence-electron chi connectivity index (χ1n) is 9.41. The fourth-order valence-corrected chi connectivity index (χ4v) is 3.23. The molecule has 2 aromatic carbocycles. The molecule has 0 aromatic heterocycles. The number of nitrogens with zero attached hydrogens (tertiary/aromatic N) is 2. The highest BCUT2D eigenvalue weighted by molar-refractivity contribution is 7.88. The number of hydrogen-bond donors (Lipinski definition) is 1. The standard InChI is InChI=1S/C21H26FN3O4S/c1-4-23-21(27)20(17-8-6-5-7-9-17)25(14-16-10-12-18(22)13-11-16)19(26)15-24(2)30(3,28)29/h5-13,20H,4,14-15H2,1-3H3,(H,23,27). The van der Waals surface area contributed by atoms with E-state index in [0.29, 0.717) is 17.7 Å². The van der Waals surface area contributed by atoms with Crippen LogP contribution < -0.4 is 5.32 Å². The molecular weight excluding hydrogens is 409 g/mol. The van der Waals surface area contributed by atoms with E-state index in [1.165, 1.54) is 36.2 Å². The average molecular weight is 436 g/mol. The van der Waals surface area contributed by atoms with Gasteiger partial charge >= 0.3 is 0 Å². The summed E-state index contributed by atoms with van der Waals surface area (Å²) in [4.78, 5) is 27.4. The lowest BCUT2D eigenvalue weighted by Crippen LogP contribution is -2.47. The van der Waals surface area contributed by atoms with E-state index in [1.807, 2.05) is 0 Å². The Bertz CT molecular complexity index is 966. The second kappa shape index (κ2) is 10.3. The van der Waals surface area contributed by atoms with Crippen LogP contribution in [0.2, 0.25) is 0 Å². The van der Waals surface area contributed by atoms with Crippen LogP contribution in [0.1, 0.15) is 24.1 Å². The van der Waals surface area contributed by atoms with Crippen molar-refractivity contribution >= 4 is 21.8 Å². The van der Waals surface area contributed by atoms with Gasteiger partial charge in [-0.1, -0.05) is 42.5 Å². The maximum Gasteiger partial charge on any atom is 0.247 e. The summed E-state index contributed by atoms with van der Waals surface area (Å²) >= 11 is 0.